The lowest BCUT2D eigenvalue weighted by molar-refractivity contribution is 0.0537. The fraction of sp³-hybridized carbons (Fsp3) is 0.667. The standard InChI is InChI=1S/C12H20N4O2/c1-3-16-11(10(13)8(2)14-16)12(18)15-6-4-9(17)5-7-15/h9,17H,3-7,13H2,1-2H3. The Morgan fingerprint density at radius 2 is 2.11 bits per heavy atom. The second-order valence-electron chi connectivity index (χ2n) is 4.69. The molecular weight excluding hydrogens is 232 g/mol. The van der Waals surface area contributed by atoms with Crippen LogP contribution in [0.2, 0.25) is 0 Å². The predicted octanol–water partition coefficient (Wildman–Crippen LogP) is 0.391. The van der Waals surface area contributed by atoms with Gasteiger partial charge in [-0.05, 0) is 26.7 Å². The summed E-state index contributed by atoms with van der Waals surface area (Å²) in [6.45, 7) is 5.51. The van der Waals surface area contributed by atoms with Crippen molar-refractivity contribution in [1.82, 2.24) is 14.7 Å². The van der Waals surface area contributed by atoms with E-state index >= 15 is 0 Å². The molecular formula is C12H20N4O2. The van der Waals surface area contributed by atoms with E-state index in [1.165, 1.54) is 0 Å². The molecule has 6 heteroatoms. The molecule has 0 unspecified atom stereocenters. The average Bonchev–Trinajstić information content (AvgIpc) is 2.65. The summed E-state index contributed by atoms with van der Waals surface area (Å²) in [5.41, 5.74) is 7.57. The first-order valence-electron chi connectivity index (χ1n) is 6.34. The molecule has 2 rings (SSSR count). The molecule has 1 aliphatic rings. The zero-order valence-corrected chi connectivity index (χ0v) is 10.9. The maximum Gasteiger partial charge on any atom is 0.274 e. The number of anilines is 1. The Morgan fingerprint density at radius 3 is 2.67 bits per heavy atom. The zero-order valence-electron chi connectivity index (χ0n) is 10.9. The second-order valence-corrected chi connectivity index (χ2v) is 4.69. The van der Waals surface area contributed by atoms with E-state index in [-0.39, 0.29) is 12.0 Å². The predicted molar refractivity (Wildman–Crippen MR) is 68.2 cm³/mol. The van der Waals surface area contributed by atoms with Gasteiger partial charge in [0.15, 0.2) is 0 Å². The second kappa shape index (κ2) is 4.97. The van der Waals surface area contributed by atoms with Gasteiger partial charge < -0.3 is 15.7 Å². The molecule has 0 aliphatic carbocycles. The van der Waals surface area contributed by atoms with Crippen LogP contribution in [0.4, 0.5) is 5.69 Å². The quantitative estimate of drug-likeness (QED) is 0.797. The van der Waals surface area contributed by atoms with E-state index in [4.69, 9.17) is 5.73 Å². The van der Waals surface area contributed by atoms with Gasteiger partial charge in [0, 0.05) is 19.6 Å². The van der Waals surface area contributed by atoms with E-state index in [1.54, 1.807) is 16.5 Å². The van der Waals surface area contributed by atoms with Gasteiger partial charge in [-0.1, -0.05) is 0 Å². The molecule has 100 valence electrons. The van der Waals surface area contributed by atoms with Crippen LogP contribution < -0.4 is 5.73 Å². The van der Waals surface area contributed by atoms with Crippen molar-refractivity contribution in [2.75, 3.05) is 18.8 Å². The lowest BCUT2D eigenvalue weighted by Crippen LogP contribution is -2.41. The van der Waals surface area contributed by atoms with Crippen molar-refractivity contribution in [1.29, 1.82) is 0 Å². The van der Waals surface area contributed by atoms with Gasteiger partial charge in [-0.15, -0.1) is 0 Å². The third-order valence-electron chi connectivity index (χ3n) is 3.43. The van der Waals surface area contributed by atoms with Crippen molar-refractivity contribution < 1.29 is 9.90 Å². The molecule has 0 aromatic carbocycles. The molecule has 6 nitrogen and oxygen atoms in total. The molecule has 1 aliphatic heterocycles. The number of rotatable bonds is 2. The van der Waals surface area contributed by atoms with Crippen molar-refractivity contribution in [3.63, 3.8) is 0 Å². The fourth-order valence-corrected chi connectivity index (χ4v) is 2.27. The van der Waals surface area contributed by atoms with Gasteiger partial charge in [0.1, 0.15) is 5.69 Å². The third kappa shape index (κ3) is 2.20. The van der Waals surface area contributed by atoms with Crippen LogP contribution in [0.1, 0.15) is 35.9 Å². The zero-order chi connectivity index (χ0) is 13.3. The molecule has 0 saturated carbocycles. The Labute approximate surface area is 106 Å². The Morgan fingerprint density at radius 1 is 1.50 bits per heavy atom. The minimum absolute atomic E-state index is 0.0816. The summed E-state index contributed by atoms with van der Waals surface area (Å²) in [7, 11) is 0. The number of aliphatic hydroxyl groups is 1. The number of aliphatic hydroxyl groups excluding tert-OH is 1. The van der Waals surface area contributed by atoms with Gasteiger partial charge in [-0.3, -0.25) is 9.48 Å². The van der Waals surface area contributed by atoms with Crippen LogP contribution in [0, 0.1) is 6.92 Å². The summed E-state index contributed by atoms with van der Waals surface area (Å²) in [4.78, 5) is 14.2. The van der Waals surface area contributed by atoms with Crippen LogP contribution in [-0.2, 0) is 6.54 Å². The average molecular weight is 252 g/mol. The van der Waals surface area contributed by atoms with Crippen LogP contribution in [0.15, 0.2) is 0 Å². The van der Waals surface area contributed by atoms with E-state index in [1.807, 2.05) is 6.92 Å². The van der Waals surface area contributed by atoms with Crippen LogP contribution in [0.3, 0.4) is 0 Å². The van der Waals surface area contributed by atoms with E-state index in [9.17, 15) is 9.90 Å². The normalized spacial score (nSPS) is 17.2. The summed E-state index contributed by atoms with van der Waals surface area (Å²) in [5, 5.41) is 13.7. The first kappa shape index (κ1) is 12.9. The van der Waals surface area contributed by atoms with Gasteiger partial charge >= 0.3 is 0 Å². The SMILES string of the molecule is CCn1nc(C)c(N)c1C(=O)N1CCC(O)CC1. The highest BCUT2D eigenvalue weighted by molar-refractivity contribution is 5.98. The molecule has 1 amide bonds. The van der Waals surface area contributed by atoms with Gasteiger partial charge in [0.05, 0.1) is 17.5 Å². The number of hydrogen-bond acceptors (Lipinski definition) is 4. The smallest absolute Gasteiger partial charge is 0.274 e. The van der Waals surface area contributed by atoms with E-state index in [0.29, 0.717) is 49.6 Å². The maximum absolute atomic E-state index is 12.4. The topological polar surface area (TPSA) is 84.4 Å². The molecule has 0 atom stereocenters. The first-order valence-corrected chi connectivity index (χ1v) is 6.34. The summed E-state index contributed by atoms with van der Waals surface area (Å²) in [6, 6.07) is 0. The molecule has 1 aromatic rings. The number of nitrogens with two attached hydrogens (primary N) is 1. The molecule has 0 radical (unpaired) electrons. The summed E-state index contributed by atoms with van der Waals surface area (Å²) >= 11 is 0. The molecule has 2 heterocycles. The number of piperidine rings is 1. The Kier molecular flexibility index (Phi) is 3.56. The van der Waals surface area contributed by atoms with Crippen molar-refractivity contribution >= 4 is 11.6 Å². The monoisotopic (exact) mass is 252 g/mol. The molecule has 0 spiro atoms. The molecule has 1 aromatic heterocycles. The summed E-state index contributed by atoms with van der Waals surface area (Å²) < 4.78 is 1.65. The van der Waals surface area contributed by atoms with Gasteiger partial charge in [0.2, 0.25) is 0 Å². The van der Waals surface area contributed by atoms with Gasteiger partial charge in [-0.25, -0.2) is 0 Å². The first-order chi connectivity index (χ1) is 8.54. The number of hydrogen-bond donors (Lipinski definition) is 2. The van der Waals surface area contributed by atoms with Gasteiger partial charge in [0.25, 0.3) is 5.91 Å². The molecule has 18 heavy (non-hydrogen) atoms. The summed E-state index contributed by atoms with van der Waals surface area (Å²) in [6.07, 6.45) is 0.972. The number of carbonyl (C=O) groups excluding carboxylic acids is 1. The Balaban J connectivity index is 2.23. The van der Waals surface area contributed by atoms with Crippen molar-refractivity contribution in [2.24, 2.45) is 0 Å². The number of aryl methyl sites for hydroxylation is 2. The number of likely N-dealkylation sites (tertiary alicyclic amines) is 1. The lowest BCUT2D eigenvalue weighted by Gasteiger charge is -2.29. The van der Waals surface area contributed by atoms with Crippen LogP contribution in [0.25, 0.3) is 0 Å². The highest BCUT2D eigenvalue weighted by Gasteiger charge is 2.27. The molecule has 3 N–H and O–H groups in total. The number of amides is 1. The lowest BCUT2D eigenvalue weighted by atomic mass is 10.1. The maximum atomic E-state index is 12.4. The van der Waals surface area contributed by atoms with Gasteiger partial charge in [-0.2, -0.15) is 5.10 Å². The largest absolute Gasteiger partial charge is 0.395 e. The van der Waals surface area contributed by atoms with Crippen molar-refractivity contribution in [2.45, 2.75) is 39.3 Å². The Hall–Kier alpha value is -1.56. The highest BCUT2D eigenvalue weighted by Crippen LogP contribution is 2.20. The number of nitrogens with zero attached hydrogens (tertiary/aromatic N) is 3. The van der Waals surface area contributed by atoms with Crippen LogP contribution >= 0.6 is 0 Å². The fourth-order valence-electron chi connectivity index (χ4n) is 2.27. The van der Waals surface area contributed by atoms with E-state index < -0.39 is 0 Å². The number of carbonyl (C=O) groups is 1. The minimum Gasteiger partial charge on any atom is -0.395 e. The minimum atomic E-state index is -0.288. The van der Waals surface area contributed by atoms with E-state index in [2.05, 4.69) is 5.10 Å². The van der Waals surface area contributed by atoms with Crippen molar-refractivity contribution in [3.05, 3.63) is 11.4 Å². The Bertz CT molecular complexity index is 447. The number of aromatic nitrogens is 2. The summed E-state index contributed by atoms with van der Waals surface area (Å²) in [5.74, 6) is -0.0816. The molecule has 1 fully saturated rings. The highest BCUT2D eigenvalue weighted by atomic mass is 16.3. The van der Waals surface area contributed by atoms with Crippen LogP contribution in [-0.4, -0.2) is 44.9 Å². The third-order valence-corrected chi connectivity index (χ3v) is 3.43. The van der Waals surface area contributed by atoms with E-state index in [0.717, 1.165) is 0 Å². The van der Waals surface area contributed by atoms with Crippen molar-refractivity contribution in [3.8, 4) is 0 Å². The molecule has 0 bridgehead atoms. The number of nitrogen functional groups attached to an aromatic ring is 1. The molecule has 1 saturated heterocycles. The van der Waals surface area contributed by atoms with Crippen LogP contribution in [0.5, 0.6) is 0 Å².